The average molecular weight is 1020 g/mol. The zero-order valence-corrected chi connectivity index (χ0v) is 45.6. The third-order valence-corrected chi connectivity index (χ3v) is 13.7. The van der Waals surface area contributed by atoms with Crippen LogP contribution in [0, 0.1) is 5.92 Å². The number of hydrogen-bond acceptors (Lipinski definition) is 14. The summed E-state index contributed by atoms with van der Waals surface area (Å²) >= 11 is 0. The van der Waals surface area contributed by atoms with Gasteiger partial charge in [0.05, 0.1) is 99.5 Å². The van der Waals surface area contributed by atoms with E-state index in [9.17, 15) is 0 Å². The topological polar surface area (TPSA) is 129 Å². The number of methoxy groups -OCH3 is 14. The molecule has 6 aromatic rings. The highest BCUT2D eigenvalue weighted by Gasteiger charge is 2.30. The zero-order valence-electron chi connectivity index (χ0n) is 45.6. The quantitative estimate of drug-likeness (QED) is 0.0442. The van der Waals surface area contributed by atoms with E-state index < -0.39 is 0 Å². The minimum absolute atomic E-state index is 0.0406. The van der Waals surface area contributed by atoms with Crippen LogP contribution in [0.1, 0.15) is 56.8 Å². The minimum atomic E-state index is -0.153. The molecule has 6 rings (SSSR count). The van der Waals surface area contributed by atoms with Gasteiger partial charge in [0.25, 0.3) is 0 Å². The van der Waals surface area contributed by atoms with Crippen LogP contribution < -0.4 is 66.3 Å². The van der Waals surface area contributed by atoms with Crippen LogP contribution in [0.25, 0.3) is 0 Å². The Hall–Kier alpha value is -7.48. The molecule has 0 aliphatic heterocycles. The van der Waals surface area contributed by atoms with Crippen LogP contribution in [-0.4, -0.2) is 99.5 Å². The Balaban J connectivity index is 1.49. The second-order valence-corrected chi connectivity index (χ2v) is 17.7. The normalized spacial score (nSPS) is 11.7. The second-order valence-electron chi connectivity index (χ2n) is 17.7. The maximum Gasteiger partial charge on any atom is 0.203 e. The van der Waals surface area contributed by atoms with Gasteiger partial charge in [0, 0.05) is 23.3 Å². The van der Waals surface area contributed by atoms with Crippen molar-refractivity contribution in [3.8, 4) is 80.5 Å². The van der Waals surface area contributed by atoms with Gasteiger partial charge in [0.15, 0.2) is 23.0 Å². The van der Waals surface area contributed by atoms with Crippen LogP contribution in [0.3, 0.4) is 0 Å². The van der Waals surface area contributed by atoms with Crippen molar-refractivity contribution in [2.24, 2.45) is 5.92 Å². The number of ether oxygens (including phenoxy) is 14. The van der Waals surface area contributed by atoms with Gasteiger partial charge >= 0.3 is 0 Å². The fourth-order valence-corrected chi connectivity index (χ4v) is 9.87. The van der Waals surface area contributed by atoms with Crippen molar-refractivity contribution in [1.29, 1.82) is 0 Å². The van der Waals surface area contributed by atoms with E-state index >= 15 is 0 Å². The predicted octanol–water partition coefficient (Wildman–Crippen LogP) is 11.2. The Morgan fingerprint density at radius 1 is 0.270 bits per heavy atom. The fraction of sp³-hybridized carbons (Fsp3) is 0.400. The third kappa shape index (κ3) is 13.4. The van der Waals surface area contributed by atoms with Crippen molar-refractivity contribution >= 4 is 0 Å². The van der Waals surface area contributed by atoms with Crippen LogP contribution in [0.15, 0.2) is 84.9 Å². The summed E-state index contributed by atoms with van der Waals surface area (Å²) < 4.78 is 82.3. The molecule has 0 aliphatic rings. The van der Waals surface area contributed by atoms with Gasteiger partial charge in [0.2, 0.25) is 11.5 Å². The van der Waals surface area contributed by atoms with Crippen molar-refractivity contribution < 1.29 is 66.3 Å². The van der Waals surface area contributed by atoms with E-state index in [1.807, 2.05) is 60.7 Å². The first-order valence-corrected chi connectivity index (χ1v) is 24.5. The SMILES string of the molecule is COc1cc(CCc2c(OC)cc(CC[C@@H](Cc3cc(OC)c(OC)c(OC)c3)[C@H](Cc3cc(OC)c(OC)c(OC)c3)c3cc(OC)c(CCc4cc(OC)cc(OC)c4)c(OC)c3)cc2OC)cc(OC)c1. The van der Waals surface area contributed by atoms with E-state index in [2.05, 4.69) is 24.3 Å². The first-order chi connectivity index (χ1) is 36.0. The lowest BCUT2D eigenvalue weighted by atomic mass is 9.75. The molecule has 0 amide bonds. The molecule has 0 aromatic heterocycles. The lowest BCUT2D eigenvalue weighted by Crippen LogP contribution is -2.20. The van der Waals surface area contributed by atoms with Gasteiger partial charge in [-0.25, -0.2) is 0 Å². The van der Waals surface area contributed by atoms with Crippen molar-refractivity contribution in [2.45, 2.75) is 57.3 Å². The molecule has 0 spiro atoms. The molecular formula is C60H74O14. The summed E-state index contributed by atoms with van der Waals surface area (Å²) in [5, 5.41) is 0. The van der Waals surface area contributed by atoms with Gasteiger partial charge in [-0.2, -0.15) is 0 Å². The summed E-state index contributed by atoms with van der Waals surface area (Å²) in [6.45, 7) is 0. The van der Waals surface area contributed by atoms with Crippen molar-refractivity contribution in [3.63, 3.8) is 0 Å². The van der Waals surface area contributed by atoms with E-state index in [1.54, 1.807) is 99.5 Å². The standard InChI is InChI=1S/C60H74O14/c1-61-44-22-37(23-45(35-44)62-2)16-19-48-51(65-5)27-39(28-52(48)66-6)15-18-42(21-40-29-55(69-9)59(73-13)56(30-40)70-10)50(26-41-31-57(71-11)60(74-14)58(32-41)72-12)43-33-53(67-7)49(54(34-43)68-8)20-17-38-24-46(63-3)36-47(25-38)64-4/h22-25,27-36,42,50H,15-21,26H2,1-14H3/t42-,50-/m0/s1. The smallest absolute Gasteiger partial charge is 0.203 e. The molecule has 14 heteroatoms. The van der Waals surface area contributed by atoms with Gasteiger partial charge in [-0.3, -0.25) is 0 Å². The predicted molar refractivity (Wildman–Crippen MR) is 287 cm³/mol. The van der Waals surface area contributed by atoms with Gasteiger partial charge in [-0.15, -0.1) is 0 Å². The molecule has 0 saturated carbocycles. The number of benzene rings is 6. The molecular weight excluding hydrogens is 945 g/mol. The van der Waals surface area contributed by atoms with Crippen molar-refractivity contribution in [3.05, 3.63) is 129 Å². The van der Waals surface area contributed by atoms with E-state index in [-0.39, 0.29) is 11.8 Å². The maximum atomic E-state index is 6.28. The van der Waals surface area contributed by atoms with E-state index in [0.29, 0.717) is 90.9 Å². The Bertz CT molecular complexity index is 2640. The number of hydrogen-bond donors (Lipinski definition) is 0. The van der Waals surface area contributed by atoms with E-state index in [1.165, 1.54) is 0 Å². The third-order valence-electron chi connectivity index (χ3n) is 13.7. The first kappa shape index (κ1) is 55.8. The average Bonchev–Trinajstić information content (AvgIpc) is 3.44. The highest BCUT2D eigenvalue weighted by molar-refractivity contribution is 5.57. The Morgan fingerprint density at radius 3 is 0.905 bits per heavy atom. The lowest BCUT2D eigenvalue weighted by Gasteiger charge is -2.30. The van der Waals surface area contributed by atoms with E-state index in [4.69, 9.17) is 66.3 Å². The number of rotatable bonds is 29. The molecule has 0 N–H and O–H groups in total. The highest BCUT2D eigenvalue weighted by atomic mass is 16.5. The molecule has 2 atom stereocenters. The van der Waals surface area contributed by atoms with Gasteiger partial charge in [-0.1, -0.05) is 0 Å². The second kappa shape index (κ2) is 27.0. The van der Waals surface area contributed by atoms with Crippen LogP contribution in [0.4, 0.5) is 0 Å². The molecule has 0 saturated heterocycles. The highest BCUT2D eigenvalue weighted by Crippen LogP contribution is 2.46. The summed E-state index contributed by atoms with van der Waals surface area (Å²) in [6.07, 6.45) is 5.27. The molecule has 6 aromatic carbocycles. The van der Waals surface area contributed by atoms with Crippen LogP contribution in [0.5, 0.6) is 80.5 Å². The van der Waals surface area contributed by atoms with Crippen LogP contribution in [0.2, 0.25) is 0 Å². The molecule has 74 heavy (non-hydrogen) atoms. The molecule has 0 fully saturated rings. The monoisotopic (exact) mass is 1020 g/mol. The van der Waals surface area contributed by atoms with Crippen molar-refractivity contribution in [1.82, 2.24) is 0 Å². The summed E-state index contributed by atoms with van der Waals surface area (Å²) in [6, 6.07) is 28.5. The molecule has 398 valence electrons. The summed E-state index contributed by atoms with van der Waals surface area (Å²) in [7, 11) is 23.2. The first-order valence-electron chi connectivity index (χ1n) is 24.5. The Kier molecular flexibility index (Phi) is 20.4. The van der Waals surface area contributed by atoms with Gasteiger partial charge in [-0.05, 0) is 169 Å². The summed E-state index contributed by atoms with van der Waals surface area (Å²) in [4.78, 5) is 0. The maximum absolute atomic E-state index is 6.28. The zero-order chi connectivity index (χ0) is 53.3. The van der Waals surface area contributed by atoms with Gasteiger partial charge in [0.1, 0.15) is 46.0 Å². The molecule has 0 unspecified atom stereocenters. The Morgan fingerprint density at radius 2 is 0.581 bits per heavy atom. The van der Waals surface area contributed by atoms with Gasteiger partial charge < -0.3 is 66.3 Å². The molecule has 0 bridgehead atoms. The Labute approximate surface area is 437 Å². The minimum Gasteiger partial charge on any atom is -0.497 e. The molecule has 0 radical (unpaired) electrons. The fourth-order valence-electron chi connectivity index (χ4n) is 9.87. The largest absolute Gasteiger partial charge is 0.497 e. The number of aryl methyl sites for hydroxylation is 3. The summed E-state index contributed by atoms with van der Waals surface area (Å²) in [5.41, 5.74) is 8.11. The molecule has 0 heterocycles. The van der Waals surface area contributed by atoms with Crippen molar-refractivity contribution in [2.75, 3.05) is 99.5 Å². The van der Waals surface area contributed by atoms with Crippen LogP contribution in [-0.2, 0) is 44.9 Å². The summed E-state index contributed by atoms with van der Waals surface area (Å²) in [5.74, 6) is 8.95. The molecule has 14 nitrogen and oxygen atoms in total. The van der Waals surface area contributed by atoms with Crippen LogP contribution >= 0.6 is 0 Å². The lowest BCUT2D eigenvalue weighted by molar-refractivity contribution is 0.321. The molecule has 0 aliphatic carbocycles. The van der Waals surface area contributed by atoms with E-state index in [0.717, 1.165) is 85.4 Å².